The van der Waals surface area contributed by atoms with Gasteiger partial charge in [0.25, 0.3) is 5.91 Å². The highest BCUT2D eigenvalue weighted by molar-refractivity contribution is 7.92. The Bertz CT molecular complexity index is 953. The van der Waals surface area contributed by atoms with E-state index in [2.05, 4.69) is 20.2 Å². The van der Waals surface area contributed by atoms with Crippen LogP contribution in [0.25, 0.3) is 5.65 Å². The molecule has 0 saturated heterocycles. The van der Waals surface area contributed by atoms with Gasteiger partial charge in [0.2, 0.25) is 10.0 Å². The fourth-order valence-electron chi connectivity index (χ4n) is 2.10. The number of para-hydroxylation sites is 1. The number of carbonyl (C=O) groups is 1. The molecule has 2 aromatic heterocycles. The smallest absolute Gasteiger partial charge is 0.252 e. The Morgan fingerprint density at radius 2 is 1.92 bits per heavy atom. The average molecular weight is 345 g/mol. The van der Waals surface area contributed by atoms with Crippen molar-refractivity contribution in [3.05, 3.63) is 60.6 Å². The van der Waals surface area contributed by atoms with E-state index in [1.807, 2.05) is 0 Å². The van der Waals surface area contributed by atoms with E-state index in [0.717, 1.165) is 0 Å². The van der Waals surface area contributed by atoms with Gasteiger partial charge in [0.05, 0.1) is 11.3 Å². The van der Waals surface area contributed by atoms with Crippen LogP contribution in [0.4, 0.5) is 5.69 Å². The Kier molecular flexibility index (Phi) is 4.43. The lowest BCUT2D eigenvalue weighted by Crippen LogP contribution is -2.31. The number of rotatable bonds is 6. The predicted octanol–water partition coefficient (Wildman–Crippen LogP) is 0.901. The van der Waals surface area contributed by atoms with Gasteiger partial charge in [0, 0.05) is 18.4 Å². The van der Waals surface area contributed by atoms with E-state index in [1.165, 1.54) is 6.33 Å². The molecule has 0 bridgehead atoms. The lowest BCUT2D eigenvalue weighted by Gasteiger charge is -2.09. The third-order valence-electron chi connectivity index (χ3n) is 3.26. The van der Waals surface area contributed by atoms with Crippen molar-refractivity contribution in [3.8, 4) is 0 Å². The maximum Gasteiger partial charge on any atom is 0.252 e. The van der Waals surface area contributed by atoms with Crippen molar-refractivity contribution in [2.24, 2.45) is 0 Å². The van der Waals surface area contributed by atoms with E-state index in [4.69, 9.17) is 0 Å². The highest BCUT2D eigenvalue weighted by Gasteiger charge is 2.12. The zero-order valence-electron chi connectivity index (χ0n) is 12.6. The van der Waals surface area contributed by atoms with Crippen LogP contribution in [-0.4, -0.2) is 41.2 Å². The van der Waals surface area contributed by atoms with Crippen LogP contribution in [0.5, 0.6) is 0 Å². The van der Waals surface area contributed by atoms with Crippen LogP contribution >= 0.6 is 0 Å². The van der Waals surface area contributed by atoms with Gasteiger partial charge >= 0.3 is 0 Å². The Labute approximate surface area is 138 Å². The maximum absolute atomic E-state index is 12.1. The SMILES string of the molecule is O=C(NCCS(=O)(=O)Nc1ccccc1)c1ccc2nncn2c1. The maximum atomic E-state index is 12.1. The molecule has 0 aliphatic carbocycles. The van der Waals surface area contributed by atoms with Crippen molar-refractivity contribution in [3.63, 3.8) is 0 Å². The van der Waals surface area contributed by atoms with Gasteiger partial charge in [-0.05, 0) is 24.3 Å². The van der Waals surface area contributed by atoms with E-state index in [1.54, 1.807) is 53.1 Å². The molecule has 9 heteroatoms. The third kappa shape index (κ3) is 3.87. The van der Waals surface area contributed by atoms with Gasteiger partial charge in [-0.25, -0.2) is 8.42 Å². The molecule has 0 aliphatic rings. The van der Waals surface area contributed by atoms with Crippen LogP contribution in [0, 0.1) is 0 Å². The lowest BCUT2D eigenvalue weighted by atomic mass is 10.2. The summed E-state index contributed by atoms with van der Waals surface area (Å²) >= 11 is 0. The number of anilines is 1. The first kappa shape index (κ1) is 15.9. The number of nitrogens with zero attached hydrogens (tertiary/aromatic N) is 3. The van der Waals surface area contributed by atoms with E-state index < -0.39 is 10.0 Å². The minimum absolute atomic E-state index is 0.00121. The minimum Gasteiger partial charge on any atom is -0.351 e. The second-order valence-corrected chi connectivity index (χ2v) is 6.90. The number of sulfonamides is 1. The lowest BCUT2D eigenvalue weighted by molar-refractivity contribution is 0.0955. The second-order valence-electron chi connectivity index (χ2n) is 5.06. The number of pyridine rings is 1. The normalized spacial score (nSPS) is 11.3. The van der Waals surface area contributed by atoms with Crippen LogP contribution in [-0.2, 0) is 10.0 Å². The largest absolute Gasteiger partial charge is 0.351 e. The van der Waals surface area contributed by atoms with Crippen molar-refractivity contribution in [1.29, 1.82) is 0 Å². The van der Waals surface area contributed by atoms with Crippen molar-refractivity contribution >= 4 is 27.3 Å². The predicted molar refractivity (Wildman–Crippen MR) is 89.2 cm³/mol. The van der Waals surface area contributed by atoms with Crippen molar-refractivity contribution in [1.82, 2.24) is 19.9 Å². The standard InChI is InChI=1S/C15H15N5O3S/c21-15(12-6-7-14-18-17-11-20(14)10-12)16-8-9-24(22,23)19-13-4-2-1-3-5-13/h1-7,10-11,19H,8-9H2,(H,16,21). The molecular formula is C15H15N5O3S. The van der Waals surface area contributed by atoms with Crippen LogP contribution in [0.1, 0.15) is 10.4 Å². The Balaban J connectivity index is 1.56. The molecule has 3 aromatic rings. The minimum atomic E-state index is -3.53. The van der Waals surface area contributed by atoms with E-state index in [0.29, 0.717) is 16.9 Å². The molecule has 0 fully saturated rings. The number of amides is 1. The van der Waals surface area contributed by atoms with Gasteiger partial charge in [-0.15, -0.1) is 10.2 Å². The van der Waals surface area contributed by atoms with Crippen LogP contribution in [0.2, 0.25) is 0 Å². The summed E-state index contributed by atoms with van der Waals surface area (Å²) in [5.74, 6) is -0.580. The summed E-state index contributed by atoms with van der Waals surface area (Å²) in [6.07, 6.45) is 3.07. The number of benzene rings is 1. The fraction of sp³-hybridized carbons (Fsp3) is 0.133. The summed E-state index contributed by atoms with van der Waals surface area (Å²) in [6.45, 7) is 0.00121. The summed E-state index contributed by atoms with van der Waals surface area (Å²) in [7, 11) is -3.53. The monoisotopic (exact) mass is 345 g/mol. The number of hydrogen-bond acceptors (Lipinski definition) is 5. The van der Waals surface area contributed by atoms with Gasteiger partial charge < -0.3 is 5.32 Å². The molecule has 1 aromatic carbocycles. The number of hydrogen-bond donors (Lipinski definition) is 2. The molecule has 0 saturated carbocycles. The molecule has 124 valence electrons. The van der Waals surface area contributed by atoms with Gasteiger partial charge in [-0.1, -0.05) is 18.2 Å². The molecule has 0 unspecified atom stereocenters. The molecule has 0 atom stereocenters. The Morgan fingerprint density at radius 1 is 1.12 bits per heavy atom. The molecule has 24 heavy (non-hydrogen) atoms. The van der Waals surface area contributed by atoms with Crippen LogP contribution in [0.15, 0.2) is 55.0 Å². The molecule has 8 nitrogen and oxygen atoms in total. The molecule has 1 amide bonds. The second kappa shape index (κ2) is 6.67. The van der Waals surface area contributed by atoms with Gasteiger partial charge in [0.1, 0.15) is 6.33 Å². The Morgan fingerprint density at radius 3 is 2.71 bits per heavy atom. The van der Waals surface area contributed by atoms with Crippen molar-refractivity contribution in [2.75, 3.05) is 17.0 Å². The molecule has 3 rings (SSSR count). The quantitative estimate of drug-likeness (QED) is 0.690. The van der Waals surface area contributed by atoms with Crippen molar-refractivity contribution < 1.29 is 13.2 Å². The van der Waals surface area contributed by atoms with Gasteiger partial charge in [-0.2, -0.15) is 0 Å². The zero-order chi connectivity index (χ0) is 17.0. The Hall–Kier alpha value is -2.94. The number of nitrogens with one attached hydrogen (secondary N) is 2. The zero-order valence-corrected chi connectivity index (χ0v) is 13.4. The average Bonchev–Trinajstić information content (AvgIpc) is 3.02. The highest BCUT2D eigenvalue weighted by atomic mass is 32.2. The molecule has 0 aliphatic heterocycles. The highest BCUT2D eigenvalue weighted by Crippen LogP contribution is 2.08. The molecular weight excluding hydrogens is 330 g/mol. The third-order valence-corrected chi connectivity index (χ3v) is 4.54. The van der Waals surface area contributed by atoms with Gasteiger partial charge in [0.15, 0.2) is 5.65 Å². The molecule has 2 heterocycles. The summed E-state index contributed by atoms with van der Waals surface area (Å²) in [5, 5.41) is 10.2. The van der Waals surface area contributed by atoms with E-state index in [9.17, 15) is 13.2 Å². The summed E-state index contributed by atoms with van der Waals surface area (Å²) in [4.78, 5) is 12.1. The van der Waals surface area contributed by atoms with E-state index >= 15 is 0 Å². The number of aromatic nitrogens is 3. The summed E-state index contributed by atoms with van der Waals surface area (Å²) < 4.78 is 28.0. The van der Waals surface area contributed by atoms with Crippen molar-refractivity contribution in [2.45, 2.75) is 0 Å². The summed E-state index contributed by atoms with van der Waals surface area (Å²) in [5.41, 5.74) is 1.51. The van der Waals surface area contributed by atoms with Gasteiger partial charge in [-0.3, -0.25) is 13.9 Å². The van der Waals surface area contributed by atoms with E-state index in [-0.39, 0.29) is 18.2 Å². The summed E-state index contributed by atoms with van der Waals surface area (Å²) in [6, 6.07) is 11.9. The first-order chi connectivity index (χ1) is 11.5. The topological polar surface area (TPSA) is 105 Å². The molecule has 0 radical (unpaired) electrons. The first-order valence-electron chi connectivity index (χ1n) is 7.17. The number of fused-ring (bicyclic) bond motifs is 1. The van der Waals surface area contributed by atoms with Crippen LogP contribution < -0.4 is 10.0 Å². The number of carbonyl (C=O) groups excluding carboxylic acids is 1. The fourth-order valence-corrected chi connectivity index (χ4v) is 3.07. The molecule has 0 spiro atoms. The van der Waals surface area contributed by atoms with Crippen LogP contribution in [0.3, 0.4) is 0 Å². The first-order valence-corrected chi connectivity index (χ1v) is 8.82. The molecule has 2 N–H and O–H groups in total.